The van der Waals surface area contributed by atoms with E-state index in [0.29, 0.717) is 5.69 Å². The predicted octanol–water partition coefficient (Wildman–Crippen LogP) is 3.72. The first-order chi connectivity index (χ1) is 9.70. The standard InChI is InChI=1S/C16H16N2O2/c1-2-12-5-3-4-6-15(12)18-11-17-14-9-7-13(8-10-14)16(19)20/h3-11H,2H2,1H3,(H,17,18)(H,19,20). The molecule has 0 saturated heterocycles. The van der Waals surface area contributed by atoms with E-state index in [1.807, 2.05) is 18.2 Å². The van der Waals surface area contributed by atoms with Crippen molar-refractivity contribution < 1.29 is 9.90 Å². The average Bonchev–Trinajstić information content (AvgIpc) is 2.48. The topological polar surface area (TPSA) is 61.7 Å². The van der Waals surface area contributed by atoms with Crippen molar-refractivity contribution in [2.75, 3.05) is 5.32 Å². The maximum absolute atomic E-state index is 10.7. The van der Waals surface area contributed by atoms with Crippen LogP contribution in [0, 0.1) is 0 Å². The van der Waals surface area contributed by atoms with Crippen LogP contribution in [0.1, 0.15) is 22.8 Å². The lowest BCUT2D eigenvalue weighted by Crippen LogP contribution is -1.98. The van der Waals surface area contributed by atoms with Gasteiger partial charge < -0.3 is 10.4 Å². The number of carbonyl (C=O) groups is 1. The van der Waals surface area contributed by atoms with E-state index in [1.54, 1.807) is 18.5 Å². The van der Waals surface area contributed by atoms with Gasteiger partial charge in [-0.2, -0.15) is 0 Å². The number of nitrogens with one attached hydrogen (secondary N) is 1. The summed E-state index contributed by atoms with van der Waals surface area (Å²) in [4.78, 5) is 15.0. The Bertz CT molecular complexity index is 619. The van der Waals surface area contributed by atoms with Crippen molar-refractivity contribution in [1.82, 2.24) is 0 Å². The fourth-order valence-corrected chi connectivity index (χ4v) is 1.84. The van der Waals surface area contributed by atoms with Crippen LogP contribution in [0.4, 0.5) is 11.4 Å². The third-order valence-electron chi connectivity index (χ3n) is 2.95. The summed E-state index contributed by atoms with van der Waals surface area (Å²) in [5, 5.41) is 11.9. The summed E-state index contributed by atoms with van der Waals surface area (Å²) in [7, 11) is 0. The van der Waals surface area contributed by atoms with Crippen LogP contribution in [-0.2, 0) is 6.42 Å². The Kier molecular flexibility index (Phi) is 4.50. The van der Waals surface area contributed by atoms with E-state index in [9.17, 15) is 4.79 Å². The van der Waals surface area contributed by atoms with Gasteiger partial charge in [-0.25, -0.2) is 9.79 Å². The van der Waals surface area contributed by atoms with Crippen LogP contribution in [0.5, 0.6) is 0 Å². The number of aliphatic imine (C=N–C) groups is 1. The third kappa shape index (κ3) is 3.45. The number of para-hydroxylation sites is 1. The summed E-state index contributed by atoms with van der Waals surface area (Å²) < 4.78 is 0. The molecule has 0 aromatic heterocycles. The van der Waals surface area contributed by atoms with E-state index in [2.05, 4.69) is 23.3 Å². The molecule has 0 radical (unpaired) electrons. The number of aryl methyl sites for hydroxylation is 1. The monoisotopic (exact) mass is 268 g/mol. The van der Waals surface area contributed by atoms with Crippen LogP contribution in [0.25, 0.3) is 0 Å². The second-order valence-electron chi connectivity index (χ2n) is 4.27. The Hall–Kier alpha value is -2.62. The lowest BCUT2D eigenvalue weighted by atomic mass is 10.1. The minimum Gasteiger partial charge on any atom is -0.478 e. The van der Waals surface area contributed by atoms with Crippen LogP contribution in [0.3, 0.4) is 0 Å². The molecule has 0 bridgehead atoms. The van der Waals surface area contributed by atoms with Gasteiger partial charge in [0.25, 0.3) is 0 Å². The van der Waals surface area contributed by atoms with Gasteiger partial charge in [-0.05, 0) is 42.3 Å². The average molecular weight is 268 g/mol. The molecule has 4 heteroatoms. The molecule has 0 aliphatic carbocycles. The van der Waals surface area contributed by atoms with Crippen LogP contribution < -0.4 is 5.32 Å². The van der Waals surface area contributed by atoms with E-state index < -0.39 is 5.97 Å². The van der Waals surface area contributed by atoms with E-state index in [4.69, 9.17) is 5.11 Å². The Morgan fingerprint density at radius 1 is 1.20 bits per heavy atom. The number of rotatable bonds is 5. The van der Waals surface area contributed by atoms with Gasteiger partial charge in [-0.3, -0.25) is 0 Å². The van der Waals surface area contributed by atoms with Gasteiger partial charge >= 0.3 is 5.97 Å². The highest BCUT2D eigenvalue weighted by atomic mass is 16.4. The maximum Gasteiger partial charge on any atom is 0.335 e. The molecular formula is C16H16N2O2. The van der Waals surface area contributed by atoms with Crippen molar-refractivity contribution in [1.29, 1.82) is 0 Å². The number of hydrogen-bond donors (Lipinski definition) is 2. The van der Waals surface area contributed by atoms with Gasteiger partial charge in [-0.15, -0.1) is 0 Å². The molecule has 20 heavy (non-hydrogen) atoms. The first kappa shape index (κ1) is 13.8. The van der Waals surface area contributed by atoms with Crippen molar-refractivity contribution in [3.8, 4) is 0 Å². The molecular weight excluding hydrogens is 252 g/mol. The normalized spacial score (nSPS) is 10.7. The van der Waals surface area contributed by atoms with Gasteiger partial charge in [0.2, 0.25) is 0 Å². The molecule has 2 aromatic carbocycles. The minimum atomic E-state index is -0.935. The summed E-state index contributed by atoms with van der Waals surface area (Å²) >= 11 is 0. The first-order valence-electron chi connectivity index (χ1n) is 6.41. The molecule has 2 rings (SSSR count). The van der Waals surface area contributed by atoms with E-state index in [0.717, 1.165) is 12.1 Å². The van der Waals surface area contributed by atoms with E-state index in [1.165, 1.54) is 17.7 Å². The summed E-state index contributed by atoms with van der Waals surface area (Å²) in [6.45, 7) is 2.10. The van der Waals surface area contributed by atoms with Crippen molar-refractivity contribution in [2.45, 2.75) is 13.3 Å². The molecule has 0 spiro atoms. The highest BCUT2D eigenvalue weighted by Gasteiger charge is 2.00. The molecule has 2 aromatic rings. The number of anilines is 1. The van der Waals surface area contributed by atoms with E-state index >= 15 is 0 Å². The Labute approximate surface area is 117 Å². The molecule has 0 aliphatic rings. The predicted molar refractivity (Wildman–Crippen MR) is 81.0 cm³/mol. The molecule has 0 fully saturated rings. The maximum atomic E-state index is 10.7. The number of hydrogen-bond acceptors (Lipinski definition) is 2. The zero-order valence-electron chi connectivity index (χ0n) is 11.2. The Morgan fingerprint density at radius 3 is 2.55 bits per heavy atom. The summed E-state index contributed by atoms with van der Waals surface area (Å²) in [6, 6.07) is 14.5. The lowest BCUT2D eigenvalue weighted by molar-refractivity contribution is 0.0697. The van der Waals surface area contributed by atoms with Crippen LogP contribution in [-0.4, -0.2) is 17.4 Å². The highest BCUT2D eigenvalue weighted by molar-refractivity contribution is 5.88. The van der Waals surface area contributed by atoms with Gasteiger partial charge in [0.15, 0.2) is 0 Å². The summed E-state index contributed by atoms with van der Waals surface area (Å²) in [6.07, 6.45) is 2.56. The number of carboxylic acids is 1. The summed E-state index contributed by atoms with van der Waals surface area (Å²) in [5.74, 6) is -0.935. The largest absolute Gasteiger partial charge is 0.478 e. The molecule has 2 N–H and O–H groups in total. The first-order valence-corrected chi connectivity index (χ1v) is 6.41. The van der Waals surface area contributed by atoms with Crippen LogP contribution in [0.2, 0.25) is 0 Å². The fraction of sp³-hybridized carbons (Fsp3) is 0.125. The molecule has 0 aliphatic heterocycles. The quantitative estimate of drug-likeness (QED) is 0.641. The summed E-state index contributed by atoms with van der Waals surface area (Å²) in [5.41, 5.74) is 3.21. The third-order valence-corrected chi connectivity index (χ3v) is 2.95. The smallest absolute Gasteiger partial charge is 0.335 e. The Morgan fingerprint density at radius 2 is 1.90 bits per heavy atom. The van der Waals surface area contributed by atoms with Crippen molar-refractivity contribution in [2.24, 2.45) is 4.99 Å². The molecule has 0 unspecified atom stereocenters. The molecule has 0 atom stereocenters. The van der Waals surface area contributed by atoms with Gasteiger partial charge in [0.1, 0.15) is 0 Å². The van der Waals surface area contributed by atoms with Crippen molar-refractivity contribution >= 4 is 23.7 Å². The van der Waals surface area contributed by atoms with Crippen molar-refractivity contribution in [3.05, 3.63) is 59.7 Å². The van der Waals surface area contributed by atoms with Crippen molar-refractivity contribution in [3.63, 3.8) is 0 Å². The zero-order valence-corrected chi connectivity index (χ0v) is 11.2. The lowest BCUT2D eigenvalue weighted by Gasteiger charge is -2.06. The van der Waals surface area contributed by atoms with Gasteiger partial charge in [0, 0.05) is 5.69 Å². The second kappa shape index (κ2) is 6.52. The highest BCUT2D eigenvalue weighted by Crippen LogP contribution is 2.16. The van der Waals surface area contributed by atoms with E-state index in [-0.39, 0.29) is 5.56 Å². The van der Waals surface area contributed by atoms with Crippen LogP contribution in [0.15, 0.2) is 53.5 Å². The second-order valence-corrected chi connectivity index (χ2v) is 4.27. The number of nitrogens with zero attached hydrogens (tertiary/aromatic N) is 1. The molecule has 102 valence electrons. The number of carboxylic acid groups (broad SMARTS) is 1. The van der Waals surface area contributed by atoms with Gasteiger partial charge in [-0.1, -0.05) is 25.1 Å². The molecule has 4 nitrogen and oxygen atoms in total. The minimum absolute atomic E-state index is 0.258. The van der Waals surface area contributed by atoms with Crippen LogP contribution >= 0.6 is 0 Å². The fourth-order valence-electron chi connectivity index (χ4n) is 1.84. The molecule has 0 amide bonds. The molecule has 0 heterocycles. The number of aromatic carboxylic acids is 1. The number of benzene rings is 2. The van der Waals surface area contributed by atoms with Gasteiger partial charge in [0.05, 0.1) is 17.6 Å². The zero-order chi connectivity index (χ0) is 14.4. The SMILES string of the molecule is CCc1ccccc1NC=Nc1ccc(C(=O)O)cc1. The Balaban J connectivity index is 2.04. The molecule has 0 saturated carbocycles.